The highest BCUT2D eigenvalue weighted by Crippen LogP contribution is 2.29. The van der Waals surface area contributed by atoms with Gasteiger partial charge in [0.15, 0.2) is 5.75 Å². The molecule has 0 spiro atoms. The van der Waals surface area contributed by atoms with Crippen LogP contribution in [0.15, 0.2) is 79.6 Å². The molecule has 0 aliphatic heterocycles. The van der Waals surface area contributed by atoms with Crippen molar-refractivity contribution in [2.24, 2.45) is 0 Å². The molecule has 6 heteroatoms. The molecule has 26 heavy (non-hydrogen) atoms. The first-order valence-corrected chi connectivity index (χ1v) is 8.06. The van der Waals surface area contributed by atoms with E-state index in [9.17, 15) is 4.79 Å². The summed E-state index contributed by atoms with van der Waals surface area (Å²) in [6.45, 7) is 4.19. The van der Waals surface area contributed by atoms with E-state index in [1.165, 1.54) is 12.4 Å². The summed E-state index contributed by atoms with van der Waals surface area (Å²) in [5.41, 5.74) is 0.765. The molecule has 2 N–H and O–H groups in total. The van der Waals surface area contributed by atoms with Crippen molar-refractivity contribution in [3.05, 3.63) is 85.3 Å². The van der Waals surface area contributed by atoms with E-state index < -0.39 is 0 Å². The molecule has 3 rings (SSSR count). The summed E-state index contributed by atoms with van der Waals surface area (Å²) in [4.78, 5) is 20.7. The predicted octanol–water partition coefficient (Wildman–Crippen LogP) is 4.12. The Kier molecular flexibility index (Phi) is 5.57. The number of carbonyl (C=O) groups is 1. The Morgan fingerprint density at radius 3 is 2.54 bits per heavy atom. The number of ether oxygens (including phenoxy) is 1. The maximum Gasteiger partial charge on any atom is 0.275 e. The Balaban J connectivity index is 1.72. The minimum atomic E-state index is -0.364. The van der Waals surface area contributed by atoms with Crippen LogP contribution in [0.1, 0.15) is 10.5 Å². The zero-order valence-electron chi connectivity index (χ0n) is 14.1. The standard InChI is InChI=1S/C20H18N4O2/c1-2-12-21-19-14-22-17(13-23-19)20(25)24-16-10-6-7-11-18(16)26-15-8-4-3-5-9-15/h2-11,13-14H,1,12H2,(H,21,23)(H,24,25). The number of hydrogen-bond acceptors (Lipinski definition) is 5. The molecule has 0 saturated heterocycles. The molecule has 1 amide bonds. The van der Waals surface area contributed by atoms with Gasteiger partial charge in [0.2, 0.25) is 0 Å². The molecule has 6 nitrogen and oxygen atoms in total. The Morgan fingerprint density at radius 2 is 1.81 bits per heavy atom. The van der Waals surface area contributed by atoms with Gasteiger partial charge in [-0.1, -0.05) is 36.4 Å². The monoisotopic (exact) mass is 346 g/mol. The van der Waals surface area contributed by atoms with E-state index in [2.05, 4.69) is 27.2 Å². The van der Waals surface area contributed by atoms with Gasteiger partial charge < -0.3 is 15.4 Å². The van der Waals surface area contributed by atoms with Gasteiger partial charge in [0, 0.05) is 6.54 Å². The average molecular weight is 346 g/mol. The van der Waals surface area contributed by atoms with E-state index >= 15 is 0 Å². The third-order valence-electron chi connectivity index (χ3n) is 3.42. The molecule has 3 aromatic rings. The largest absolute Gasteiger partial charge is 0.455 e. The van der Waals surface area contributed by atoms with Crippen LogP contribution in [0.3, 0.4) is 0 Å². The molecule has 0 bridgehead atoms. The molecule has 0 unspecified atom stereocenters. The third kappa shape index (κ3) is 4.45. The number of aromatic nitrogens is 2. The highest BCUT2D eigenvalue weighted by molar-refractivity contribution is 6.03. The van der Waals surface area contributed by atoms with Crippen molar-refractivity contribution in [1.82, 2.24) is 9.97 Å². The molecule has 0 aliphatic rings. The van der Waals surface area contributed by atoms with Crippen LogP contribution in [0.25, 0.3) is 0 Å². The van der Waals surface area contributed by atoms with Crippen LogP contribution < -0.4 is 15.4 Å². The van der Waals surface area contributed by atoms with Crippen molar-refractivity contribution >= 4 is 17.4 Å². The summed E-state index contributed by atoms with van der Waals surface area (Å²) < 4.78 is 5.84. The number of anilines is 2. The molecule has 0 saturated carbocycles. The maximum atomic E-state index is 12.4. The number of nitrogens with zero attached hydrogens (tertiary/aromatic N) is 2. The fourth-order valence-corrected chi connectivity index (χ4v) is 2.17. The van der Waals surface area contributed by atoms with Gasteiger partial charge in [0.1, 0.15) is 17.3 Å². The van der Waals surface area contributed by atoms with Crippen molar-refractivity contribution in [1.29, 1.82) is 0 Å². The van der Waals surface area contributed by atoms with E-state index in [4.69, 9.17) is 4.74 Å². The molecule has 1 heterocycles. The van der Waals surface area contributed by atoms with E-state index in [-0.39, 0.29) is 11.6 Å². The number of nitrogens with one attached hydrogen (secondary N) is 2. The van der Waals surface area contributed by atoms with Gasteiger partial charge in [-0.25, -0.2) is 9.97 Å². The highest BCUT2D eigenvalue weighted by Gasteiger charge is 2.12. The van der Waals surface area contributed by atoms with Crippen LogP contribution in [-0.2, 0) is 0 Å². The third-order valence-corrected chi connectivity index (χ3v) is 3.42. The summed E-state index contributed by atoms with van der Waals surface area (Å²) in [6, 6.07) is 16.6. The van der Waals surface area contributed by atoms with Gasteiger partial charge in [0.05, 0.1) is 18.1 Å². The van der Waals surface area contributed by atoms with Crippen LogP contribution in [0.5, 0.6) is 11.5 Å². The molecule has 0 fully saturated rings. The molecule has 2 aromatic carbocycles. The van der Waals surface area contributed by atoms with Crippen LogP contribution in [0, 0.1) is 0 Å². The van der Waals surface area contributed by atoms with Gasteiger partial charge in [-0.2, -0.15) is 0 Å². The minimum Gasteiger partial charge on any atom is -0.455 e. The summed E-state index contributed by atoms with van der Waals surface area (Å²) in [5, 5.41) is 5.81. The first-order valence-electron chi connectivity index (χ1n) is 8.06. The zero-order chi connectivity index (χ0) is 18.2. The number of benzene rings is 2. The predicted molar refractivity (Wildman–Crippen MR) is 102 cm³/mol. The fourth-order valence-electron chi connectivity index (χ4n) is 2.17. The topological polar surface area (TPSA) is 76.1 Å². The second kappa shape index (κ2) is 8.43. The number of para-hydroxylation sites is 3. The van der Waals surface area contributed by atoms with Gasteiger partial charge >= 0.3 is 0 Å². The SMILES string of the molecule is C=CCNc1cnc(C(=O)Nc2ccccc2Oc2ccccc2)cn1. The van der Waals surface area contributed by atoms with Gasteiger partial charge in [-0.15, -0.1) is 6.58 Å². The second-order valence-electron chi connectivity index (χ2n) is 5.32. The Morgan fingerprint density at radius 1 is 1.04 bits per heavy atom. The van der Waals surface area contributed by atoms with E-state index in [1.807, 2.05) is 42.5 Å². The van der Waals surface area contributed by atoms with E-state index in [1.54, 1.807) is 18.2 Å². The molecule has 0 atom stereocenters. The van der Waals surface area contributed by atoms with Gasteiger partial charge in [0.25, 0.3) is 5.91 Å². The highest BCUT2D eigenvalue weighted by atomic mass is 16.5. The van der Waals surface area contributed by atoms with Crippen LogP contribution in [0.2, 0.25) is 0 Å². The minimum absolute atomic E-state index is 0.212. The smallest absolute Gasteiger partial charge is 0.275 e. The molecule has 1 aromatic heterocycles. The van der Waals surface area contributed by atoms with Gasteiger partial charge in [-0.05, 0) is 24.3 Å². The van der Waals surface area contributed by atoms with Crippen molar-refractivity contribution in [2.45, 2.75) is 0 Å². The van der Waals surface area contributed by atoms with Crippen molar-refractivity contribution in [2.75, 3.05) is 17.2 Å². The molecular formula is C20H18N4O2. The molecular weight excluding hydrogens is 328 g/mol. The van der Waals surface area contributed by atoms with Crippen LogP contribution >= 0.6 is 0 Å². The number of carbonyl (C=O) groups excluding carboxylic acids is 1. The average Bonchev–Trinajstić information content (AvgIpc) is 2.69. The first-order chi connectivity index (χ1) is 12.8. The lowest BCUT2D eigenvalue weighted by molar-refractivity contribution is 0.102. The van der Waals surface area contributed by atoms with Gasteiger partial charge in [-0.3, -0.25) is 4.79 Å². The first kappa shape index (κ1) is 17.2. The Labute approximate surface area is 151 Å². The van der Waals surface area contributed by atoms with Crippen molar-refractivity contribution in [3.8, 4) is 11.5 Å². The normalized spacial score (nSPS) is 10.0. The summed E-state index contributed by atoms with van der Waals surface area (Å²) in [5.74, 6) is 1.45. The summed E-state index contributed by atoms with van der Waals surface area (Å²) in [6.07, 6.45) is 4.64. The van der Waals surface area contributed by atoms with E-state index in [0.29, 0.717) is 29.5 Å². The Bertz CT molecular complexity index is 880. The maximum absolute atomic E-state index is 12.4. The van der Waals surface area contributed by atoms with E-state index in [0.717, 1.165) is 0 Å². The lowest BCUT2D eigenvalue weighted by Crippen LogP contribution is -2.15. The molecule has 0 radical (unpaired) electrons. The molecule has 0 aliphatic carbocycles. The van der Waals surface area contributed by atoms with Crippen molar-refractivity contribution < 1.29 is 9.53 Å². The molecule has 130 valence electrons. The number of amides is 1. The van der Waals surface area contributed by atoms with Crippen LogP contribution in [0.4, 0.5) is 11.5 Å². The van der Waals surface area contributed by atoms with Crippen LogP contribution in [-0.4, -0.2) is 22.4 Å². The zero-order valence-corrected chi connectivity index (χ0v) is 14.1. The summed E-state index contributed by atoms with van der Waals surface area (Å²) >= 11 is 0. The number of rotatable bonds is 7. The second-order valence-corrected chi connectivity index (χ2v) is 5.32. The number of hydrogen-bond donors (Lipinski definition) is 2. The summed E-state index contributed by atoms with van der Waals surface area (Å²) in [7, 11) is 0. The van der Waals surface area contributed by atoms with Crippen molar-refractivity contribution in [3.63, 3.8) is 0 Å². The fraction of sp³-hybridized carbons (Fsp3) is 0.0500. The lowest BCUT2D eigenvalue weighted by Gasteiger charge is -2.12. The Hall–Kier alpha value is -3.67. The lowest BCUT2D eigenvalue weighted by atomic mass is 10.2. The quantitative estimate of drug-likeness (QED) is 0.629.